The van der Waals surface area contributed by atoms with E-state index >= 15 is 0 Å². The van der Waals surface area contributed by atoms with Crippen molar-refractivity contribution in [1.82, 2.24) is 10.2 Å². The molecule has 1 heterocycles. The average Bonchev–Trinajstić information content (AvgIpc) is 3.27. The minimum Gasteiger partial charge on any atom is -0.411 e. The van der Waals surface area contributed by atoms with Crippen molar-refractivity contribution >= 4 is 49.8 Å². The molecule has 164 valence electrons. The molecule has 0 aliphatic rings. The Morgan fingerprint density at radius 1 is 1.00 bits per heavy atom. The summed E-state index contributed by atoms with van der Waals surface area (Å²) in [4.78, 5) is 12.4. The van der Waals surface area contributed by atoms with Crippen molar-refractivity contribution in [2.24, 2.45) is 0 Å². The number of nitrogens with one attached hydrogen (secondary N) is 2. The van der Waals surface area contributed by atoms with Crippen molar-refractivity contribution in [3.63, 3.8) is 0 Å². The summed E-state index contributed by atoms with van der Waals surface area (Å²) in [5.74, 6) is 0.209. The van der Waals surface area contributed by atoms with E-state index in [0.29, 0.717) is 11.3 Å². The second kappa shape index (κ2) is 9.41. The number of hydrogen-bond acceptors (Lipinski definition) is 7. The fraction of sp³-hybridized carbons (Fsp3) is 0.136. The number of hydrogen-bond donors (Lipinski definition) is 2. The first-order chi connectivity index (χ1) is 15.4. The van der Waals surface area contributed by atoms with Crippen LogP contribution in [0, 0.1) is 0 Å². The van der Waals surface area contributed by atoms with Crippen LogP contribution in [0.25, 0.3) is 22.2 Å². The fourth-order valence-electron chi connectivity index (χ4n) is 2.97. The second-order valence-electron chi connectivity index (χ2n) is 6.82. The van der Waals surface area contributed by atoms with Crippen molar-refractivity contribution in [3.05, 3.63) is 66.7 Å². The number of aromatic nitrogens is 2. The van der Waals surface area contributed by atoms with E-state index in [9.17, 15) is 13.2 Å². The summed E-state index contributed by atoms with van der Waals surface area (Å²) < 4.78 is 31.4. The molecule has 32 heavy (non-hydrogen) atoms. The molecule has 0 bridgehead atoms. The monoisotopic (exact) mass is 468 g/mol. The Morgan fingerprint density at radius 2 is 1.75 bits per heavy atom. The Bertz CT molecular complexity index is 1350. The maximum atomic E-state index is 12.4. The van der Waals surface area contributed by atoms with Gasteiger partial charge < -0.3 is 9.73 Å². The summed E-state index contributed by atoms with van der Waals surface area (Å²) in [6.45, 7) is 1.57. The molecule has 0 radical (unpaired) electrons. The molecule has 0 saturated heterocycles. The van der Waals surface area contributed by atoms with Gasteiger partial charge in [0.05, 0.1) is 11.5 Å². The lowest BCUT2D eigenvalue weighted by Gasteiger charge is -2.07. The van der Waals surface area contributed by atoms with E-state index in [1.54, 1.807) is 31.2 Å². The van der Waals surface area contributed by atoms with E-state index in [4.69, 9.17) is 4.42 Å². The minimum absolute atomic E-state index is 0.00688. The van der Waals surface area contributed by atoms with E-state index in [1.165, 1.54) is 0 Å². The Labute approximate surface area is 189 Å². The number of benzene rings is 3. The smallest absolute Gasteiger partial charge is 0.277 e. The molecule has 4 rings (SSSR count). The van der Waals surface area contributed by atoms with Crippen molar-refractivity contribution in [2.45, 2.75) is 12.1 Å². The number of carbonyl (C=O) groups is 1. The molecule has 0 spiro atoms. The maximum Gasteiger partial charge on any atom is 0.277 e. The first-order valence-electron chi connectivity index (χ1n) is 9.78. The standard InChI is InChI=1S/C22H20N4O4S2/c1-2-32(28,29)26-17-12-10-16(11-13-17)21-24-25-22(30-21)31-14-20(27)23-19-9-5-7-15-6-3-4-8-18(15)19/h3-13,26H,2,14H2,1H3,(H,23,27). The van der Waals surface area contributed by atoms with Crippen LogP contribution in [-0.2, 0) is 14.8 Å². The highest BCUT2D eigenvalue weighted by molar-refractivity contribution is 7.99. The summed E-state index contributed by atoms with van der Waals surface area (Å²) in [5.41, 5.74) is 1.84. The normalized spacial score (nSPS) is 11.4. The van der Waals surface area contributed by atoms with Crippen molar-refractivity contribution in [2.75, 3.05) is 21.5 Å². The van der Waals surface area contributed by atoms with Gasteiger partial charge in [0.15, 0.2) is 0 Å². The van der Waals surface area contributed by atoms with Gasteiger partial charge in [0.2, 0.25) is 21.8 Å². The van der Waals surface area contributed by atoms with Gasteiger partial charge in [-0.25, -0.2) is 8.42 Å². The summed E-state index contributed by atoms with van der Waals surface area (Å²) in [7, 11) is -3.34. The zero-order chi connectivity index (χ0) is 22.6. The van der Waals surface area contributed by atoms with Gasteiger partial charge in [-0.2, -0.15) is 0 Å². The zero-order valence-corrected chi connectivity index (χ0v) is 18.7. The molecule has 0 aliphatic heterocycles. The highest BCUT2D eigenvalue weighted by Crippen LogP contribution is 2.26. The molecule has 4 aromatic rings. The van der Waals surface area contributed by atoms with Crippen LogP contribution in [0.15, 0.2) is 76.4 Å². The van der Waals surface area contributed by atoms with E-state index in [2.05, 4.69) is 20.2 Å². The zero-order valence-electron chi connectivity index (χ0n) is 17.1. The van der Waals surface area contributed by atoms with Gasteiger partial charge in [0, 0.05) is 22.3 Å². The summed E-state index contributed by atoms with van der Waals surface area (Å²) >= 11 is 1.14. The number of nitrogens with zero attached hydrogens (tertiary/aromatic N) is 2. The molecule has 0 fully saturated rings. The average molecular weight is 469 g/mol. The van der Waals surface area contributed by atoms with Crippen molar-refractivity contribution in [1.29, 1.82) is 0 Å². The number of amides is 1. The van der Waals surface area contributed by atoms with E-state index in [-0.39, 0.29) is 28.5 Å². The predicted octanol–water partition coefficient (Wildman–Crippen LogP) is 4.38. The molecule has 1 amide bonds. The Morgan fingerprint density at radius 3 is 2.53 bits per heavy atom. The lowest BCUT2D eigenvalue weighted by Crippen LogP contribution is -2.14. The maximum absolute atomic E-state index is 12.4. The van der Waals surface area contributed by atoms with Crippen LogP contribution in [0.1, 0.15) is 6.92 Å². The molecule has 10 heteroatoms. The summed E-state index contributed by atoms with van der Waals surface area (Å²) in [6, 6.07) is 20.2. The molecule has 3 aromatic carbocycles. The van der Waals surface area contributed by atoms with Crippen LogP contribution in [0.4, 0.5) is 11.4 Å². The number of thioether (sulfide) groups is 1. The number of rotatable bonds is 8. The van der Waals surface area contributed by atoms with Crippen LogP contribution >= 0.6 is 11.8 Å². The molecular formula is C22H20N4O4S2. The number of fused-ring (bicyclic) bond motifs is 1. The predicted molar refractivity (Wildman–Crippen MR) is 126 cm³/mol. The Balaban J connectivity index is 1.36. The van der Waals surface area contributed by atoms with E-state index in [1.807, 2.05) is 42.5 Å². The first-order valence-corrected chi connectivity index (χ1v) is 12.4. The van der Waals surface area contributed by atoms with Gasteiger partial charge in [-0.3, -0.25) is 9.52 Å². The van der Waals surface area contributed by atoms with Crippen LogP contribution in [0.2, 0.25) is 0 Å². The third kappa shape index (κ3) is 5.27. The number of sulfonamides is 1. The molecule has 0 atom stereocenters. The van der Waals surface area contributed by atoms with Gasteiger partial charge in [-0.05, 0) is 42.6 Å². The van der Waals surface area contributed by atoms with Crippen molar-refractivity contribution in [3.8, 4) is 11.5 Å². The topological polar surface area (TPSA) is 114 Å². The molecule has 1 aromatic heterocycles. The number of anilines is 2. The van der Waals surface area contributed by atoms with Gasteiger partial charge in [-0.1, -0.05) is 48.2 Å². The molecular weight excluding hydrogens is 448 g/mol. The lowest BCUT2D eigenvalue weighted by molar-refractivity contribution is -0.113. The van der Waals surface area contributed by atoms with Gasteiger partial charge in [0.1, 0.15) is 0 Å². The molecule has 0 unspecified atom stereocenters. The summed E-state index contributed by atoms with van der Waals surface area (Å²) in [5, 5.41) is 13.2. The van der Waals surface area contributed by atoms with Gasteiger partial charge in [-0.15, -0.1) is 10.2 Å². The molecule has 0 saturated carbocycles. The first kappa shape index (κ1) is 21.8. The lowest BCUT2D eigenvalue weighted by atomic mass is 10.1. The van der Waals surface area contributed by atoms with Crippen LogP contribution in [0.3, 0.4) is 0 Å². The third-order valence-corrected chi connectivity index (χ3v) is 6.71. The van der Waals surface area contributed by atoms with Gasteiger partial charge >= 0.3 is 0 Å². The van der Waals surface area contributed by atoms with E-state index in [0.717, 1.165) is 28.2 Å². The third-order valence-electron chi connectivity index (χ3n) is 4.58. The Hall–Kier alpha value is -3.37. The van der Waals surface area contributed by atoms with Crippen molar-refractivity contribution < 1.29 is 17.6 Å². The van der Waals surface area contributed by atoms with Gasteiger partial charge in [0.25, 0.3) is 5.22 Å². The quantitative estimate of drug-likeness (QED) is 0.369. The Kier molecular flexibility index (Phi) is 6.42. The van der Waals surface area contributed by atoms with Crippen LogP contribution in [0.5, 0.6) is 0 Å². The second-order valence-corrected chi connectivity index (χ2v) is 9.76. The largest absolute Gasteiger partial charge is 0.411 e. The number of carbonyl (C=O) groups excluding carboxylic acids is 1. The fourth-order valence-corrected chi connectivity index (χ4v) is 4.17. The van der Waals surface area contributed by atoms with E-state index < -0.39 is 10.0 Å². The summed E-state index contributed by atoms with van der Waals surface area (Å²) in [6.07, 6.45) is 0. The molecule has 0 aliphatic carbocycles. The highest BCUT2D eigenvalue weighted by Gasteiger charge is 2.13. The highest BCUT2D eigenvalue weighted by atomic mass is 32.2. The minimum atomic E-state index is -3.34. The SMILES string of the molecule is CCS(=O)(=O)Nc1ccc(-c2nnc(SCC(=O)Nc3cccc4ccccc34)o2)cc1. The molecule has 2 N–H and O–H groups in total. The molecule has 8 nitrogen and oxygen atoms in total. The van der Waals surface area contributed by atoms with Crippen LogP contribution < -0.4 is 10.0 Å². The van der Waals surface area contributed by atoms with Crippen LogP contribution in [-0.4, -0.2) is 36.0 Å².